The van der Waals surface area contributed by atoms with Crippen molar-refractivity contribution in [1.82, 2.24) is 5.32 Å². The molecule has 0 spiro atoms. The molecule has 1 aromatic rings. The molecule has 1 aliphatic heterocycles. The summed E-state index contributed by atoms with van der Waals surface area (Å²) < 4.78 is 12.9. The maximum Gasteiger partial charge on any atom is 0.295 e. The maximum atomic E-state index is 12.9. The fraction of sp³-hybridized carbons (Fsp3) is 0.455. The Kier molecular flexibility index (Phi) is 3.53. The third kappa shape index (κ3) is 2.91. The van der Waals surface area contributed by atoms with Gasteiger partial charge in [0, 0.05) is 6.54 Å². The number of hydrogen-bond donors (Lipinski definition) is 2. The number of nitro groups is 1. The highest BCUT2D eigenvalue weighted by Crippen LogP contribution is 2.25. The Balaban J connectivity index is 2.06. The van der Waals surface area contributed by atoms with Gasteiger partial charge in [0.05, 0.1) is 11.0 Å². The second-order valence-electron chi connectivity index (χ2n) is 4.16. The molecular formula is C11H14FN3O2. The molecule has 0 radical (unpaired) electrons. The molecular weight excluding hydrogens is 225 g/mol. The van der Waals surface area contributed by atoms with Crippen LogP contribution in [0.3, 0.4) is 0 Å². The molecule has 0 amide bonds. The minimum absolute atomic E-state index is 0.212. The number of benzene rings is 1. The van der Waals surface area contributed by atoms with Crippen molar-refractivity contribution in [2.45, 2.75) is 6.42 Å². The summed E-state index contributed by atoms with van der Waals surface area (Å²) in [4.78, 5) is 10.2. The Bertz CT molecular complexity index is 419. The first-order chi connectivity index (χ1) is 8.16. The Morgan fingerprint density at radius 3 is 3.06 bits per heavy atom. The van der Waals surface area contributed by atoms with Gasteiger partial charge in [0.15, 0.2) is 0 Å². The highest BCUT2D eigenvalue weighted by atomic mass is 19.1. The fourth-order valence-electron chi connectivity index (χ4n) is 1.95. The van der Waals surface area contributed by atoms with Crippen molar-refractivity contribution in [1.29, 1.82) is 0 Å². The predicted octanol–water partition coefficient (Wildman–Crippen LogP) is 1.76. The Hall–Kier alpha value is -1.69. The van der Waals surface area contributed by atoms with Crippen molar-refractivity contribution < 1.29 is 9.31 Å². The molecule has 2 rings (SSSR count). The molecule has 0 aliphatic carbocycles. The topological polar surface area (TPSA) is 67.2 Å². The summed E-state index contributed by atoms with van der Waals surface area (Å²) >= 11 is 0. The van der Waals surface area contributed by atoms with Crippen LogP contribution < -0.4 is 10.6 Å². The molecule has 1 unspecified atom stereocenters. The Morgan fingerprint density at radius 2 is 2.41 bits per heavy atom. The largest absolute Gasteiger partial charge is 0.379 e. The predicted molar refractivity (Wildman–Crippen MR) is 62.5 cm³/mol. The van der Waals surface area contributed by atoms with Gasteiger partial charge < -0.3 is 10.6 Å². The van der Waals surface area contributed by atoms with Gasteiger partial charge in [-0.2, -0.15) is 0 Å². The van der Waals surface area contributed by atoms with Crippen molar-refractivity contribution in [3.05, 3.63) is 34.1 Å². The summed E-state index contributed by atoms with van der Waals surface area (Å²) in [6.45, 7) is 2.57. The molecule has 5 nitrogen and oxygen atoms in total. The molecule has 1 heterocycles. The Morgan fingerprint density at radius 1 is 1.59 bits per heavy atom. The standard InChI is InChI=1S/C11H14FN3O2/c12-9-1-2-10(11(5-9)15(16)17)14-7-8-3-4-13-6-8/h1-2,5,8,13-14H,3-4,6-7H2. The van der Waals surface area contributed by atoms with E-state index in [1.807, 2.05) is 0 Å². The molecule has 0 aromatic heterocycles. The molecule has 17 heavy (non-hydrogen) atoms. The van der Waals surface area contributed by atoms with Crippen LogP contribution in [-0.2, 0) is 0 Å². The number of halogens is 1. The number of hydrogen-bond acceptors (Lipinski definition) is 4. The van der Waals surface area contributed by atoms with Gasteiger partial charge in [-0.3, -0.25) is 10.1 Å². The van der Waals surface area contributed by atoms with Crippen LogP contribution in [0.2, 0.25) is 0 Å². The van der Waals surface area contributed by atoms with Crippen molar-refractivity contribution in [3.8, 4) is 0 Å². The van der Waals surface area contributed by atoms with E-state index in [0.717, 1.165) is 25.6 Å². The zero-order valence-corrected chi connectivity index (χ0v) is 9.28. The van der Waals surface area contributed by atoms with E-state index in [-0.39, 0.29) is 5.69 Å². The van der Waals surface area contributed by atoms with Crippen molar-refractivity contribution in [2.24, 2.45) is 5.92 Å². The molecule has 1 aromatic carbocycles. The second-order valence-corrected chi connectivity index (χ2v) is 4.16. The zero-order valence-electron chi connectivity index (χ0n) is 9.28. The first-order valence-corrected chi connectivity index (χ1v) is 5.55. The molecule has 1 fully saturated rings. The van der Waals surface area contributed by atoms with Crippen LogP contribution in [-0.4, -0.2) is 24.6 Å². The van der Waals surface area contributed by atoms with Gasteiger partial charge in [-0.25, -0.2) is 4.39 Å². The van der Waals surface area contributed by atoms with Gasteiger partial charge in [0.25, 0.3) is 5.69 Å². The van der Waals surface area contributed by atoms with Crippen LogP contribution in [0.15, 0.2) is 18.2 Å². The quantitative estimate of drug-likeness (QED) is 0.620. The van der Waals surface area contributed by atoms with Gasteiger partial charge in [0.1, 0.15) is 11.5 Å². The van der Waals surface area contributed by atoms with Crippen LogP contribution in [0, 0.1) is 21.8 Å². The van der Waals surface area contributed by atoms with Crippen LogP contribution in [0.1, 0.15) is 6.42 Å². The fourth-order valence-corrected chi connectivity index (χ4v) is 1.95. The van der Waals surface area contributed by atoms with Gasteiger partial charge in [-0.15, -0.1) is 0 Å². The van der Waals surface area contributed by atoms with E-state index in [1.165, 1.54) is 12.1 Å². The number of nitrogens with one attached hydrogen (secondary N) is 2. The van der Waals surface area contributed by atoms with Crippen LogP contribution >= 0.6 is 0 Å². The van der Waals surface area contributed by atoms with E-state index in [2.05, 4.69) is 10.6 Å². The van der Waals surface area contributed by atoms with Crippen molar-refractivity contribution in [2.75, 3.05) is 25.0 Å². The lowest BCUT2D eigenvalue weighted by Gasteiger charge is -2.11. The van der Waals surface area contributed by atoms with E-state index < -0.39 is 10.7 Å². The monoisotopic (exact) mass is 239 g/mol. The summed E-state index contributed by atoms with van der Waals surface area (Å²) in [6, 6.07) is 3.58. The normalized spacial score (nSPS) is 19.2. The van der Waals surface area contributed by atoms with Gasteiger partial charge in [-0.05, 0) is 37.6 Å². The molecule has 1 aliphatic rings. The van der Waals surface area contributed by atoms with Crippen LogP contribution in [0.4, 0.5) is 15.8 Å². The van der Waals surface area contributed by atoms with E-state index in [0.29, 0.717) is 18.2 Å². The Labute approximate surface area is 98.2 Å². The molecule has 6 heteroatoms. The second kappa shape index (κ2) is 5.09. The summed E-state index contributed by atoms with van der Waals surface area (Å²) in [7, 11) is 0. The third-order valence-corrected chi connectivity index (χ3v) is 2.90. The number of anilines is 1. The molecule has 1 atom stereocenters. The maximum absolute atomic E-state index is 12.9. The van der Waals surface area contributed by atoms with E-state index >= 15 is 0 Å². The minimum atomic E-state index is -0.593. The highest BCUT2D eigenvalue weighted by Gasteiger charge is 2.18. The molecule has 92 valence electrons. The first-order valence-electron chi connectivity index (χ1n) is 5.55. The minimum Gasteiger partial charge on any atom is -0.379 e. The van der Waals surface area contributed by atoms with Crippen molar-refractivity contribution in [3.63, 3.8) is 0 Å². The van der Waals surface area contributed by atoms with Crippen LogP contribution in [0.5, 0.6) is 0 Å². The average Bonchev–Trinajstić information content (AvgIpc) is 2.80. The van der Waals surface area contributed by atoms with Crippen molar-refractivity contribution >= 4 is 11.4 Å². The van der Waals surface area contributed by atoms with E-state index in [9.17, 15) is 14.5 Å². The number of nitrogens with zero attached hydrogens (tertiary/aromatic N) is 1. The first kappa shape index (κ1) is 11.8. The third-order valence-electron chi connectivity index (χ3n) is 2.90. The molecule has 1 saturated heterocycles. The average molecular weight is 239 g/mol. The van der Waals surface area contributed by atoms with Gasteiger partial charge in [-0.1, -0.05) is 0 Å². The zero-order chi connectivity index (χ0) is 12.3. The SMILES string of the molecule is O=[N+]([O-])c1cc(F)ccc1NCC1CCNC1. The van der Waals surface area contributed by atoms with Gasteiger partial charge in [0.2, 0.25) is 0 Å². The van der Waals surface area contributed by atoms with Crippen LogP contribution in [0.25, 0.3) is 0 Å². The lowest BCUT2D eigenvalue weighted by Crippen LogP contribution is -2.17. The summed E-state index contributed by atoms with van der Waals surface area (Å²) in [5.41, 5.74) is 0.166. The summed E-state index contributed by atoms with van der Waals surface area (Å²) in [6.07, 6.45) is 1.06. The lowest BCUT2D eigenvalue weighted by molar-refractivity contribution is -0.384. The number of rotatable bonds is 4. The highest BCUT2D eigenvalue weighted by molar-refractivity contribution is 5.61. The molecule has 0 saturated carbocycles. The summed E-state index contributed by atoms with van der Waals surface area (Å²) in [5.74, 6) is -0.121. The number of nitro benzene ring substituents is 1. The van der Waals surface area contributed by atoms with E-state index in [4.69, 9.17) is 0 Å². The lowest BCUT2D eigenvalue weighted by atomic mass is 10.1. The van der Waals surface area contributed by atoms with Gasteiger partial charge >= 0.3 is 0 Å². The molecule has 2 N–H and O–H groups in total. The summed E-state index contributed by atoms with van der Waals surface area (Å²) in [5, 5.41) is 17.0. The molecule has 0 bridgehead atoms. The van der Waals surface area contributed by atoms with E-state index in [1.54, 1.807) is 0 Å². The smallest absolute Gasteiger partial charge is 0.295 e.